The van der Waals surface area contributed by atoms with Crippen molar-refractivity contribution in [1.29, 1.82) is 0 Å². The fourth-order valence-corrected chi connectivity index (χ4v) is 3.34. The highest BCUT2D eigenvalue weighted by atomic mass is 16.2. The van der Waals surface area contributed by atoms with Gasteiger partial charge in [-0.25, -0.2) is 9.97 Å². The van der Waals surface area contributed by atoms with E-state index in [4.69, 9.17) is 0 Å². The quantitative estimate of drug-likeness (QED) is 0.727. The Morgan fingerprint density at radius 2 is 2.00 bits per heavy atom. The van der Waals surface area contributed by atoms with Crippen molar-refractivity contribution < 1.29 is 4.79 Å². The highest BCUT2D eigenvalue weighted by Gasteiger charge is 2.18. The molecule has 112 valence electrons. The molecular weight excluding hydrogens is 276 g/mol. The Labute approximate surface area is 128 Å². The van der Waals surface area contributed by atoms with Crippen LogP contribution in [0.3, 0.4) is 0 Å². The molecule has 0 amide bonds. The van der Waals surface area contributed by atoms with E-state index in [1.807, 2.05) is 24.5 Å². The molecule has 0 radical (unpaired) electrons. The van der Waals surface area contributed by atoms with Gasteiger partial charge in [0.2, 0.25) is 0 Å². The zero-order valence-corrected chi connectivity index (χ0v) is 12.4. The first kappa shape index (κ1) is 13.2. The molecule has 5 heteroatoms. The van der Waals surface area contributed by atoms with Crippen molar-refractivity contribution >= 4 is 16.9 Å². The van der Waals surface area contributed by atoms with Gasteiger partial charge >= 0.3 is 0 Å². The smallest absolute Gasteiger partial charge is 0.263 e. The van der Waals surface area contributed by atoms with Crippen LogP contribution in [0.1, 0.15) is 48.5 Å². The van der Waals surface area contributed by atoms with E-state index < -0.39 is 0 Å². The molecule has 4 rings (SSSR count). The van der Waals surface area contributed by atoms with Gasteiger partial charge in [0, 0.05) is 24.0 Å². The Morgan fingerprint density at radius 3 is 2.77 bits per heavy atom. The van der Waals surface area contributed by atoms with E-state index in [0.717, 1.165) is 11.0 Å². The largest absolute Gasteiger partial charge is 0.327 e. The van der Waals surface area contributed by atoms with Crippen LogP contribution in [0.15, 0.2) is 43.2 Å². The summed E-state index contributed by atoms with van der Waals surface area (Å²) < 4.78 is 3.76. The predicted octanol–water partition coefficient (Wildman–Crippen LogP) is 3.43. The summed E-state index contributed by atoms with van der Waals surface area (Å²) in [5, 5.41) is 0. The van der Waals surface area contributed by atoms with Crippen molar-refractivity contribution in [1.82, 2.24) is 19.1 Å². The maximum atomic E-state index is 12.3. The van der Waals surface area contributed by atoms with Crippen molar-refractivity contribution in [3.8, 4) is 0 Å². The summed E-state index contributed by atoms with van der Waals surface area (Å²) in [5.74, 6) is -0.0772. The summed E-state index contributed by atoms with van der Waals surface area (Å²) in [6.45, 7) is 0. The second kappa shape index (κ2) is 5.40. The number of rotatable bonds is 2. The van der Waals surface area contributed by atoms with Gasteiger partial charge in [0.1, 0.15) is 6.33 Å². The first-order valence-corrected chi connectivity index (χ1v) is 7.82. The van der Waals surface area contributed by atoms with Gasteiger partial charge in [0.25, 0.3) is 5.91 Å². The van der Waals surface area contributed by atoms with Crippen LogP contribution in [-0.4, -0.2) is 25.0 Å². The second-order valence-corrected chi connectivity index (χ2v) is 5.92. The van der Waals surface area contributed by atoms with E-state index in [1.54, 1.807) is 12.4 Å². The first-order chi connectivity index (χ1) is 10.8. The molecule has 0 saturated heterocycles. The Bertz CT molecular complexity index is 797. The second-order valence-electron chi connectivity index (χ2n) is 5.92. The summed E-state index contributed by atoms with van der Waals surface area (Å²) in [6.07, 6.45) is 13.1. The lowest BCUT2D eigenvalue weighted by molar-refractivity contribution is 0.0960. The van der Waals surface area contributed by atoms with E-state index in [9.17, 15) is 4.79 Å². The molecule has 0 bridgehead atoms. The van der Waals surface area contributed by atoms with Crippen LogP contribution in [0.25, 0.3) is 11.0 Å². The lowest BCUT2D eigenvalue weighted by Gasteiger charge is -2.23. The number of hydrogen-bond donors (Lipinski definition) is 0. The van der Waals surface area contributed by atoms with E-state index >= 15 is 0 Å². The van der Waals surface area contributed by atoms with Crippen molar-refractivity contribution in [3.63, 3.8) is 0 Å². The molecule has 0 spiro atoms. The third-order valence-corrected chi connectivity index (χ3v) is 4.53. The van der Waals surface area contributed by atoms with Crippen LogP contribution in [0.5, 0.6) is 0 Å². The molecule has 0 unspecified atom stereocenters. The molecule has 0 N–H and O–H groups in total. The molecule has 2 heterocycles. The average Bonchev–Trinajstić information content (AvgIpc) is 3.24. The number of nitrogens with zero attached hydrogens (tertiary/aromatic N) is 4. The van der Waals surface area contributed by atoms with Gasteiger partial charge in [-0.15, -0.1) is 0 Å². The normalized spacial score (nSPS) is 16.2. The zero-order chi connectivity index (χ0) is 14.9. The molecule has 0 atom stereocenters. The summed E-state index contributed by atoms with van der Waals surface area (Å²) in [5.41, 5.74) is 2.64. The fourth-order valence-electron chi connectivity index (χ4n) is 3.34. The molecule has 1 aliphatic carbocycles. The number of carbonyl (C=O) groups excluding carboxylic acids is 1. The number of carbonyl (C=O) groups is 1. The Morgan fingerprint density at radius 1 is 1.14 bits per heavy atom. The van der Waals surface area contributed by atoms with Crippen LogP contribution in [-0.2, 0) is 0 Å². The van der Waals surface area contributed by atoms with Gasteiger partial charge < -0.3 is 4.57 Å². The average molecular weight is 294 g/mol. The van der Waals surface area contributed by atoms with Gasteiger partial charge in [-0.2, -0.15) is 0 Å². The molecule has 1 aromatic carbocycles. The van der Waals surface area contributed by atoms with Crippen molar-refractivity contribution in [2.75, 3.05) is 0 Å². The van der Waals surface area contributed by atoms with Gasteiger partial charge in [-0.1, -0.05) is 19.3 Å². The number of benzene rings is 1. The molecule has 22 heavy (non-hydrogen) atoms. The van der Waals surface area contributed by atoms with Gasteiger partial charge in [0.05, 0.1) is 17.4 Å². The monoisotopic (exact) mass is 294 g/mol. The van der Waals surface area contributed by atoms with E-state index in [1.165, 1.54) is 43.0 Å². The van der Waals surface area contributed by atoms with Gasteiger partial charge in [-0.05, 0) is 31.0 Å². The summed E-state index contributed by atoms with van der Waals surface area (Å²) in [6, 6.07) is 6.32. The minimum absolute atomic E-state index is 0.0772. The van der Waals surface area contributed by atoms with Crippen LogP contribution in [0.4, 0.5) is 0 Å². The molecule has 2 aromatic heterocycles. The van der Waals surface area contributed by atoms with Crippen molar-refractivity contribution in [2.24, 2.45) is 0 Å². The lowest BCUT2D eigenvalue weighted by atomic mass is 9.95. The minimum Gasteiger partial charge on any atom is -0.327 e. The minimum atomic E-state index is -0.0772. The fraction of sp³-hybridized carbons (Fsp3) is 0.353. The molecule has 0 aliphatic heterocycles. The maximum Gasteiger partial charge on any atom is 0.263 e. The maximum absolute atomic E-state index is 12.3. The highest BCUT2D eigenvalue weighted by Crippen LogP contribution is 2.30. The standard InChI is InChI=1S/C17H18N4O/c22-17(20-9-8-18-11-20)13-6-7-16-15(10-13)19-12-21(16)14-4-2-1-3-5-14/h6-12,14H,1-5H2. The van der Waals surface area contributed by atoms with Crippen molar-refractivity contribution in [3.05, 3.63) is 48.8 Å². The van der Waals surface area contributed by atoms with Gasteiger partial charge in [0.15, 0.2) is 0 Å². The molecule has 1 aliphatic rings. The Hall–Kier alpha value is -2.43. The molecule has 3 aromatic rings. The summed E-state index contributed by atoms with van der Waals surface area (Å²) in [7, 11) is 0. The van der Waals surface area contributed by atoms with Crippen molar-refractivity contribution in [2.45, 2.75) is 38.1 Å². The summed E-state index contributed by atoms with van der Waals surface area (Å²) >= 11 is 0. The first-order valence-electron chi connectivity index (χ1n) is 7.82. The van der Waals surface area contributed by atoms with E-state index in [0.29, 0.717) is 11.6 Å². The number of aromatic nitrogens is 4. The zero-order valence-electron chi connectivity index (χ0n) is 12.4. The highest BCUT2D eigenvalue weighted by molar-refractivity contribution is 5.98. The van der Waals surface area contributed by atoms with Gasteiger partial charge in [-0.3, -0.25) is 9.36 Å². The van der Waals surface area contributed by atoms with Crippen LogP contribution in [0, 0.1) is 0 Å². The molecule has 1 saturated carbocycles. The van der Waals surface area contributed by atoms with E-state index in [2.05, 4.69) is 14.5 Å². The predicted molar refractivity (Wildman–Crippen MR) is 83.8 cm³/mol. The third kappa shape index (κ3) is 2.22. The molecule has 5 nitrogen and oxygen atoms in total. The van der Waals surface area contributed by atoms with Crippen LogP contribution >= 0.6 is 0 Å². The number of imidazole rings is 2. The molecular formula is C17H18N4O. The topological polar surface area (TPSA) is 52.7 Å². The lowest BCUT2D eigenvalue weighted by Crippen LogP contribution is -2.12. The Kier molecular flexibility index (Phi) is 3.25. The van der Waals surface area contributed by atoms with Crippen LogP contribution < -0.4 is 0 Å². The van der Waals surface area contributed by atoms with E-state index in [-0.39, 0.29) is 5.91 Å². The third-order valence-electron chi connectivity index (χ3n) is 4.53. The SMILES string of the molecule is O=C(c1ccc2c(c1)ncn2C1CCCCC1)n1ccnc1. The molecule has 1 fully saturated rings. The Balaban J connectivity index is 1.69. The van der Waals surface area contributed by atoms with Crippen LogP contribution in [0.2, 0.25) is 0 Å². The number of fused-ring (bicyclic) bond motifs is 1. The summed E-state index contributed by atoms with van der Waals surface area (Å²) in [4.78, 5) is 20.8. The number of hydrogen-bond acceptors (Lipinski definition) is 3.